The van der Waals surface area contributed by atoms with E-state index in [1.54, 1.807) is 12.1 Å². The van der Waals surface area contributed by atoms with Gasteiger partial charge in [0, 0.05) is 12.0 Å². The summed E-state index contributed by atoms with van der Waals surface area (Å²) in [6, 6.07) is 3.25. The molecule has 2 nitrogen and oxygen atoms in total. The lowest BCUT2D eigenvalue weighted by atomic mass is 9.67. The van der Waals surface area contributed by atoms with Crippen molar-refractivity contribution in [3.63, 3.8) is 0 Å². The monoisotopic (exact) mass is 372 g/mol. The van der Waals surface area contributed by atoms with Gasteiger partial charge in [0.05, 0.1) is 0 Å². The van der Waals surface area contributed by atoms with Crippen LogP contribution in [-0.4, -0.2) is 16.4 Å². The van der Waals surface area contributed by atoms with Crippen molar-refractivity contribution < 1.29 is 23.4 Å². The number of aryl methyl sites for hydroxylation is 1. The Balaban J connectivity index is 2.12. The summed E-state index contributed by atoms with van der Waals surface area (Å²) in [5.41, 5.74) is 1.31. The minimum atomic E-state index is -4.13. The smallest absolute Gasteiger partial charge is 0.389 e. The maximum Gasteiger partial charge on any atom is 0.389 e. The molecule has 26 heavy (non-hydrogen) atoms. The van der Waals surface area contributed by atoms with Gasteiger partial charge < -0.3 is 10.2 Å². The molecule has 0 aliphatic heterocycles. The van der Waals surface area contributed by atoms with Crippen molar-refractivity contribution in [3.8, 4) is 11.5 Å². The first kappa shape index (κ1) is 20.9. The summed E-state index contributed by atoms with van der Waals surface area (Å²) in [5.74, 6) is 1.73. The van der Waals surface area contributed by atoms with Crippen LogP contribution in [-0.2, 0) is 6.42 Å². The molecule has 2 rings (SSSR count). The molecule has 148 valence electrons. The lowest BCUT2D eigenvalue weighted by molar-refractivity contribution is -0.135. The SMILES string of the molecule is CC1CCC(C(C)C)C(c2c(O)cc(CCCCC(F)(F)F)cc2O)C1. The second-order valence-electron chi connectivity index (χ2n) is 8.30. The van der Waals surface area contributed by atoms with Gasteiger partial charge in [0.25, 0.3) is 0 Å². The molecular weight excluding hydrogens is 341 g/mol. The maximum absolute atomic E-state index is 12.2. The van der Waals surface area contributed by atoms with Crippen molar-refractivity contribution in [3.05, 3.63) is 23.3 Å². The molecule has 5 heteroatoms. The Hall–Kier alpha value is -1.39. The van der Waals surface area contributed by atoms with Crippen LogP contribution in [0.1, 0.15) is 76.3 Å². The molecule has 0 bridgehead atoms. The van der Waals surface area contributed by atoms with Crippen LogP contribution in [0.5, 0.6) is 11.5 Å². The highest BCUT2D eigenvalue weighted by molar-refractivity contribution is 5.49. The molecule has 1 fully saturated rings. The van der Waals surface area contributed by atoms with Gasteiger partial charge in [0.15, 0.2) is 0 Å². The molecule has 1 aromatic rings. The molecule has 1 aromatic carbocycles. The number of hydrogen-bond acceptors (Lipinski definition) is 2. The summed E-state index contributed by atoms with van der Waals surface area (Å²) in [4.78, 5) is 0. The normalized spacial score (nSPS) is 24.2. The van der Waals surface area contributed by atoms with E-state index < -0.39 is 12.6 Å². The van der Waals surface area contributed by atoms with E-state index in [9.17, 15) is 23.4 Å². The van der Waals surface area contributed by atoms with E-state index >= 15 is 0 Å². The predicted molar refractivity (Wildman–Crippen MR) is 97.5 cm³/mol. The molecule has 0 heterocycles. The van der Waals surface area contributed by atoms with Crippen LogP contribution in [0.2, 0.25) is 0 Å². The maximum atomic E-state index is 12.2. The number of alkyl halides is 3. The Labute approximate surface area is 154 Å². The van der Waals surface area contributed by atoms with Crippen LogP contribution in [0.25, 0.3) is 0 Å². The average Bonchev–Trinajstić information content (AvgIpc) is 2.50. The van der Waals surface area contributed by atoms with E-state index in [4.69, 9.17) is 0 Å². The minimum Gasteiger partial charge on any atom is -0.508 e. The number of rotatable bonds is 6. The van der Waals surface area contributed by atoms with E-state index in [2.05, 4.69) is 20.8 Å². The van der Waals surface area contributed by atoms with Gasteiger partial charge in [-0.25, -0.2) is 0 Å². The van der Waals surface area contributed by atoms with Gasteiger partial charge in [-0.3, -0.25) is 0 Å². The number of benzene rings is 1. The van der Waals surface area contributed by atoms with Crippen molar-refractivity contribution in [2.75, 3.05) is 0 Å². The Bertz CT molecular complexity index is 572. The lowest BCUT2D eigenvalue weighted by Gasteiger charge is -2.38. The molecule has 2 N–H and O–H groups in total. The summed E-state index contributed by atoms with van der Waals surface area (Å²) in [6.45, 7) is 6.56. The third kappa shape index (κ3) is 5.55. The predicted octanol–water partition coefficient (Wildman–Crippen LogP) is 6.55. The third-order valence-corrected chi connectivity index (χ3v) is 5.76. The van der Waals surface area contributed by atoms with Crippen LogP contribution >= 0.6 is 0 Å². The topological polar surface area (TPSA) is 40.5 Å². The zero-order valence-corrected chi connectivity index (χ0v) is 15.9. The van der Waals surface area contributed by atoms with Gasteiger partial charge >= 0.3 is 6.18 Å². The highest BCUT2D eigenvalue weighted by Gasteiger charge is 2.35. The van der Waals surface area contributed by atoms with E-state index in [0.29, 0.717) is 41.7 Å². The van der Waals surface area contributed by atoms with Gasteiger partial charge in [-0.05, 0) is 73.5 Å². The molecular formula is C21H31F3O2. The molecule has 0 amide bonds. The van der Waals surface area contributed by atoms with E-state index in [1.807, 2.05) is 0 Å². The third-order valence-electron chi connectivity index (χ3n) is 5.76. The number of hydrogen-bond donors (Lipinski definition) is 2. The quantitative estimate of drug-likeness (QED) is 0.556. The number of halogens is 3. The average molecular weight is 372 g/mol. The van der Waals surface area contributed by atoms with Gasteiger partial charge in [0.2, 0.25) is 0 Å². The van der Waals surface area contributed by atoms with Crippen molar-refractivity contribution in [2.24, 2.45) is 17.8 Å². The first-order valence-corrected chi connectivity index (χ1v) is 9.70. The molecule has 0 radical (unpaired) electrons. The van der Waals surface area contributed by atoms with Crippen molar-refractivity contribution in [2.45, 2.75) is 77.8 Å². The molecule has 1 saturated carbocycles. The van der Waals surface area contributed by atoms with E-state index in [-0.39, 0.29) is 23.8 Å². The van der Waals surface area contributed by atoms with Crippen molar-refractivity contribution >= 4 is 0 Å². The molecule has 3 atom stereocenters. The molecule has 3 unspecified atom stereocenters. The minimum absolute atomic E-state index is 0.0579. The first-order valence-electron chi connectivity index (χ1n) is 9.70. The fourth-order valence-corrected chi connectivity index (χ4v) is 4.39. The van der Waals surface area contributed by atoms with Gasteiger partial charge in [-0.1, -0.05) is 27.2 Å². The van der Waals surface area contributed by atoms with E-state index in [0.717, 1.165) is 19.3 Å². The summed E-state index contributed by atoms with van der Waals surface area (Å²) in [6.07, 6.45) is -0.868. The zero-order valence-electron chi connectivity index (χ0n) is 15.9. The summed E-state index contributed by atoms with van der Waals surface area (Å²) >= 11 is 0. The summed E-state index contributed by atoms with van der Waals surface area (Å²) < 4.78 is 36.7. The van der Waals surface area contributed by atoms with Crippen LogP contribution < -0.4 is 0 Å². The number of phenolic OH excluding ortho intramolecular Hbond substituents is 2. The largest absolute Gasteiger partial charge is 0.508 e. The van der Waals surface area contributed by atoms with Crippen LogP contribution in [0, 0.1) is 17.8 Å². The Morgan fingerprint density at radius 1 is 1.08 bits per heavy atom. The van der Waals surface area contributed by atoms with Gasteiger partial charge in [0.1, 0.15) is 11.5 Å². The first-order chi connectivity index (χ1) is 12.1. The number of unbranched alkanes of at least 4 members (excludes halogenated alkanes) is 1. The Morgan fingerprint density at radius 2 is 1.69 bits per heavy atom. The standard InChI is InChI=1S/C21H31F3O2/c1-13(2)16-8-7-14(3)10-17(16)20-18(25)11-15(12-19(20)26)6-4-5-9-21(22,23)24/h11-14,16-17,25-26H,4-10H2,1-3H3. The van der Waals surface area contributed by atoms with Crippen LogP contribution in [0.15, 0.2) is 12.1 Å². The fourth-order valence-electron chi connectivity index (χ4n) is 4.39. The van der Waals surface area contributed by atoms with Crippen LogP contribution in [0.3, 0.4) is 0 Å². The van der Waals surface area contributed by atoms with Crippen molar-refractivity contribution in [1.82, 2.24) is 0 Å². The number of aromatic hydroxyl groups is 2. The summed E-state index contributed by atoms with van der Waals surface area (Å²) in [5, 5.41) is 21.1. The zero-order chi connectivity index (χ0) is 19.5. The highest BCUT2D eigenvalue weighted by atomic mass is 19.4. The lowest BCUT2D eigenvalue weighted by Crippen LogP contribution is -2.26. The van der Waals surface area contributed by atoms with Gasteiger partial charge in [-0.2, -0.15) is 13.2 Å². The molecule has 0 aromatic heterocycles. The Morgan fingerprint density at radius 3 is 2.23 bits per heavy atom. The second-order valence-corrected chi connectivity index (χ2v) is 8.30. The summed E-state index contributed by atoms with van der Waals surface area (Å²) in [7, 11) is 0. The molecule has 1 aliphatic carbocycles. The van der Waals surface area contributed by atoms with Crippen molar-refractivity contribution in [1.29, 1.82) is 0 Å². The molecule has 0 saturated heterocycles. The Kier molecular flexibility index (Phi) is 6.86. The van der Waals surface area contributed by atoms with Gasteiger partial charge in [-0.15, -0.1) is 0 Å². The molecule has 0 spiro atoms. The second kappa shape index (κ2) is 8.53. The molecule has 1 aliphatic rings. The van der Waals surface area contributed by atoms with Crippen LogP contribution in [0.4, 0.5) is 13.2 Å². The fraction of sp³-hybridized carbons (Fsp3) is 0.714. The number of phenols is 2. The highest BCUT2D eigenvalue weighted by Crippen LogP contribution is 2.49. The van der Waals surface area contributed by atoms with E-state index in [1.165, 1.54) is 0 Å².